The Labute approximate surface area is 209 Å². The Morgan fingerprint density at radius 1 is 1.25 bits per heavy atom. The van der Waals surface area contributed by atoms with E-state index in [1.165, 1.54) is 0 Å². The number of aliphatic imine (C=N–C) groups is 1. The Hall–Kier alpha value is -1.55. The third kappa shape index (κ3) is 7.50. The van der Waals surface area contributed by atoms with Crippen molar-refractivity contribution in [2.24, 2.45) is 4.99 Å². The monoisotopic (exact) mass is 558 g/mol. The van der Waals surface area contributed by atoms with Crippen LogP contribution < -0.4 is 10.2 Å². The molecule has 180 valence electrons. The van der Waals surface area contributed by atoms with Gasteiger partial charge in [-0.1, -0.05) is 12.1 Å². The first kappa shape index (κ1) is 26.7. The Bertz CT molecular complexity index is 797. The number of anilines is 1. The summed E-state index contributed by atoms with van der Waals surface area (Å²) < 4.78 is 5.65. The summed E-state index contributed by atoms with van der Waals surface area (Å²) >= 11 is 0. The van der Waals surface area contributed by atoms with Crippen LogP contribution in [0, 0.1) is 6.92 Å². The van der Waals surface area contributed by atoms with Gasteiger partial charge in [-0.25, -0.2) is 9.79 Å². The number of aliphatic hydroxyl groups is 1. The van der Waals surface area contributed by atoms with E-state index in [0.717, 1.165) is 68.1 Å². The van der Waals surface area contributed by atoms with Gasteiger partial charge in [-0.2, -0.15) is 0 Å². The van der Waals surface area contributed by atoms with Crippen molar-refractivity contribution in [3.8, 4) is 0 Å². The van der Waals surface area contributed by atoms with Crippen LogP contribution in [0.3, 0.4) is 0 Å². The van der Waals surface area contributed by atoms with E-state index in [1.54, 1.807) is 0 Å². The van der Waals surface area contributed by atoms with Crippen molar-refractivity contribution in [2.75, 3.05) is 24.5 Å². The van der Waals surface area contributed by atoms with Gasteiger partial charge in [0.25, 0.3) is 0 Å². The van der Waals surface area contributed by atoms with Gasteiger partial charge in [0.1, 0.15) is 5.60 Å². The van der Waals surface area contributed by atoms with Crippen LogP contribution in [0.15, 0.2) is 23.2 Å². The number of likely N-dealkylation sites (tertiary alicyclic amines) is 1. The maximum absolute atomic E-state index is 12.8. The number of carbonyl (C=O) groups excluding carboxylic acids is 1. The zero-order valence-corrected chi connectivity index (χ0v) is 22.4. The van der Waals surface area contributed by atoms with E-state index < -0.39 is 5.60 Å². The van der Waals surface area contributed by atoms with E-state index in [9.17, 15) is 9.90 Å². The summed E-state index contributed by atoms with van der Waals surface area (Å²) in [7, 11) is 0. The van der Waals surface area contributed by atoms with Crippen molar-refractivity contribution >= 4 is 41.7 Å². The van der Waals surface area contributed by atoms with Gasteiger partial charge in [0, 0.05) is 25.7 Å². The van der Waals surface area contributed by atoms with E-state index in [2.05, 4.69) is 29.3 Å². The van der Waals surface area contributed by atoms with Gasteiger partial charge in [-0.3, -0.25) is 4.90 Å². The first-order chi connectivity index (χ1) is 14.7. The molecular weight excluding hydrogens is 519 g/mol. The molecule has 1 aliphatic heterocycles. The summed E-state index contributed by atoms with van der Waals surface area (Å²) in [5.74, 6) is 0.893. The number of piperidine rings is 1. The molecule has 8 heteroatoms. The van der Waals surface area contributed by atoms with Crippen LogP contribution in [0.4, 0.5) is 10.5 Å². The highest BCUT2D eigenvalue weighted by molar-refractivity contribution is 14.0. The second-order valence-electron chi connectivity index (χ2n) is 9.59. The lowest BCUT2D eigenvalue weighted by Gasteiger charge is -2.32. The highest BCUT2D eigenvalue weighted by Crippen LogP contribution is 2.35. The molecule has 1 heterocycles. The van der Waals surface area contributed by atoms with Crippen LogP contribution in [0.1, 0.15) is 64.5 Å². The van der Waals surface area contributed by atoms with Crippen LogP contribution in [0.25, 0.3) is 0 Å². The quantitative estimate of drug-likeness (QED) is 0.318. The largest absolute Gasteiger partial charge is 0.443 e. The Kier molecular flexibility index (Phi) is 9.63. The van der Waals surface area contributed by atoms with Crippen molar-refractivity contribution in [3.05, 3.63) is 29.3 Å². The summed E-state index contributed by atoms with van der Waals surface area (Å²) in [6.45, 7) is 12.8. The van der Waals surface area contributed by atoms with E-state index >= 15 is 0 Å². The number of benzene rings is 1. The second kappa shape index (κ2) is 11.5. The molecule has 1 saturated carbocycles. The number of ether oxygens (including phenoxy) is 1. The average molecular weight is 559 g/mol. The molecule has 1 aromatic carbocycles. The topological polar surface area (TPSA) is 77.4 Å². The molecule has 1 aromatic rings. The number of hydrogen-bond acceptors (Lipinski definition) is 4. The standard InChI is InChI=1S/C24H38N4O3.HI/c1-6-25-22(27-13-11-20(29)12-14-27)26-16-18-7-10-21(17(2)15-18)28(19-8-9-19)23(30)31-24(3,4)5;/h7,10,15,19-20,29H,6,8-9,11-14,16H2,1-5H3,(H,25,26);1H. The second-order valence-corrected chi connectivity index (χ2v) is 9.59. The van der Waals surface area contributed by atoms with E-state index in [1.807, 2.05) is 38.7 Å². The summed E-state index contributed by atoms with van der Waals surface area (Å²) in [5.41, 5.74) is 2.56. The number of nitrogens with one attached hydrogen (secondary N) is 1. The lowest BCUT2D eigenvalue weighted by atomic mass is 10.1. The van der Waals surface area contributed by atoms with Crippen molar-refractivity contribution < 1.29 is 14.6 Å². The van der Waals surface area contributed by atoms with Crippen molar-refractivity contribution in [3.63, 3.8) is 0 Å². The number of carbonyl (C=O) groups is 1. The number of guanidine groups is 1. The average Bonchev–Trinajstić information content (AvgIpc) is 3.51. The minimum atomic E-state index is -0.514. The lowest BCUT2D eigenvalue weighted by molar-refractivity contribution is 0.0577. The first-order valence-electron chi connectivity index (χ1n) is 11.5. The molecule has 2 N–H and O–H groups in total. The molecule has 1 amide bonds. The number of rotatable bonds is 5. The Morgan fingerprint density at radius 2 is 1.91 bits per heavy atom. The SMILES string of the molecule is CCNC(=NCc1ccc(N(C(=O)OC(C)(C)C)C2CC2)c(C)c1)N1CCC(O)CC1.I. The molecule has 1 saturated heterocycles. The first-order valence-corrected chi connectivity index (χ1v) is 11.5. The molecule has 2 aliphatic rings. The maximum atomic E-state index is 12.8. The van der Waals surface area contributed by atoms with Gasteiger partial charge in [-0.15, -0.1) is 24.0 Å². The molecule has 0 bridgehead atoms. The minimum absolute atomic E-state index is 0. The highest BCUT2D eigenvalue weighted by atomic mass is 127. The smallest absolute Gasteiger partial charge is 0.415 e. The van der Waals surface area contributed by atoms with Crippen molar-refractivity contribution in [2.45, 2.75) is 84.6 Å². The molecule has 0 aromatic heterocycles. The maximum Gasteiger partial charge on any atom is 0.415 e. The van der Waals surface area contributed by atoms with E-state index in [0.29, 0.717) is 6.54 Å². The van der Waals surface area contributed by atoms with Crippen LogP contribution >= 0.6 is 24.0 Å². The molecule has 0 spiro atoms. The Balaban J connectivity index is 0.00000363. The van der Waals surface area contributed by atoms with E-state index in [-0.39, 0.29) is 42.2 Å². The molecule has 0 atom stereocenters. The molecule has 0 unspecified atom stereocenters. The van der Waals surface area contributed by atoms with Crippen LogP contribution in [0.2, 0.25) is 0 Å². The molecule has 7 nitrogen and oxygen atoms in total. The van der Waals surface area contributed by atoms with E-state index in [4.69, 9.17) is 9.73 Å². The zero-order valence-electron chi connectivity index (χ0n) is 20.1. The summed E-state index contributed by atoms with van der Waals surface area (Å²) in [4.78, 5) is 21.7. The van der Waals surface area contributed by atoms with Gasteiger partial charge in [0.2, 0.25) is 0 Å². The third-order valence-corrected chi connectivity index (χ3v) is 5.53. The summed E-state index contributed by atoms with van der Waals surface area (Å²) in [6.07, 6.45) is 3.11. The number of halogens is 1. The van der Waals surface area contributed by atoms with Crippen LogP contribution in [-0.4, -0.2) is 59.4 Å². The molecule has 3 rings (SSSR count). The van der Waals surface area contributed by atoms with Crippen LogP contribution in [0.5, 0.6) is 0 Å². The summed E-state index contributed by atoms with van der Waals surface area (Å²) in [5, 5.41) is 13.1. The molecular formula is C24H39IN4O3. The van der Waals surface area contributed by atoms with Gasteiger partial charge in [0.05, 0.1) is 18.3 Å². The predicted molar refractivity (Wildman–Crippen MR) is 140 cm³/mol. The number of hydrogen-bond donors (Lipinski definition) is 2. The Morgan fingerprint density at radius 3 is 2.44 bits per heavy atom. The lowest BCUT2D eigenvalue weighted by Crippen LogP contribution is -2.46. The number of nitrogens with zero attached hydrogens (tertiary/aromatic N) is 3. The fourth-order valence-electron chi connectivity index (χ4n) is 3.84. The number of amides is 1. The van der Waals surface area contributed by atoms with Crippen LogP contribution in [-0.2, 0) is 11.3 Å². The molecule has 1 aliphatic carbocycles. The third-order valence-electron chi connectivity index (χ3n) is 5.53. The molecule has 32 heavy (non-hydrogen) atoms. The number of aliphatic hydroxyl groups excluding tert-OH is 1. The van der Waals surface area contributed by atoms with Crippen molar-refractivity contribution in [1.82, 2.24) is 10.2 Å². The summed E-state index contributed by atoms with van der Waals surface area (Å²) in [6, 6.07) is 6.41. The molecule has 2 fully saturated rings. The normalized spacial score (nSPS) is 17.6. The van der Waals surface area contributed by atoms with Gasteiger partial charge in [0.15, 0.2) is 5.96 Å². The van der Waals surface area contributed by atoms with Crippen molar-refractivity contribution in [1.29, 1.82) is 0 Å². The fraction of sp³-hybridized carbons (Fsp3) is 0.667. The molecule has 0 radical (unpaired) electrons. The predicted octanol–water partition coefficient (Wildman–Crippen LogP) is 4.44. The fourth-order valence-corrected chi connectivity index (χ4v) is 3.84. The van der Waals surface area contributed by atoms with Gasteiger partial charge >= 0.3 is 6.09 Å². The van der Waals surface area contributed by atoms with Gasteiger partial charge < -0.3 is 20.1 Å². The zero-order chi connectivity index (χ0) is 22.6. The number of aryl methyl sites for hydroxylation is 1. The van der Waals surface area contributed by atoms with Gasteiger partial charge in [-0.05, 0) is 77.5 Å². The minimum Gasteiger partial charge on any atom is -0.443 e. The highest BCUT2D eigenvalue weighted by Gasteiger charge is 2.37.